The van der Waals surface area contributed by atoms with Crippen LogP contribution in [0.25, 0.3) is 10.6 Å². The number of rotatable bonds is 7. The van der Waals surface area contributed by atoms with Crippen molar-refractivity contribution < 1.29 is 17.9 Å². The molecule has 1 amide bonds. The highest BCUT2D eigenvalue weighted by molar-refractivity contribution is 7.91. The molecule has 0 unspecified atom stereocenters. The molecule has 7 nitrogen and oxygen atoms in total. The van der Waals surface area contributed by atoms with Crippen LogP contribution in [0.1, 0.15) is 33.8 Å². The Morgan fingerprint density at radius 2 is 2.00 bits per heavy atom. The minimum absolute atomic E-state index is 0.0142. The van der Waals surface area contributed by atoms with Gasteiger partial charge in [0, 0.05) is 36.1 Å². The summed E-state index contributed by atoms with van der Waals surface area (Å²) in [7, 11) is -2.14. The smallest absolute Gasteiger partial charge is 0.265 e. The maximum Gasteiger partial charge on any atom is 0.265 e. The number of hydrogen-bond donors (Lipinski definition) is 1. The monoisotopic (exact) mass is 477 g/mol. The first kappa shape index (κ1) is 21.9. The molecule has 164 valence electrons. The molecule has 0 spiro atoms. The predicted octanol–water partition coefficient (Wildman–Crippen LogP) is 3.90. The van der Waals surface area contributed by atoms with Gasteiger partial charge in [-0.2, -0.15) is 0 Å². The summed E-state index contributed by atoms with van der Waals surface area (Å²) >= 11 is 2.45. The van der Waals surface area contributed by atoms with E-state index in [1.807, 2.05) is 30.0 Å². The van der Waals surface area contributed by atoms with Crippen LogP contribution in [-0.2, 0) is 16.6 Å². The van der Waals surface area contributed by atoms with Crippen molar-refractivity contribution in [3.05, 3.63) is 51.8 Å². The van der Waals surface area contributed by atoms with Crippen molar-refractivity contribution in [3.63, 3.8) is 0 Å². The average molecular weight is 478 g/mol. The summed E-state index contributed by atoms with van der Waals surface area (Å²) in [6.45, 7) is 3.51. The normalized spacial score (nSPS) is 14.2. The molecule has 1 aliphatic heterocycles. The standard InChI is InChI=1S/C21H23N3O4S3/c1-14-19(21(25)24-9-5-6-10-24)30-20(23-14)16-11-18(29-13-16)31(26,27)22-12-15-7-3-4-8-17(15)28-2/h3-4,7-8,11,13,22H,5-6,9-10,12H2,1-2H3. The summed E-state index contributed by atoms with van der Waals surface area (Å²) in [6, 6.07) is 8.89. The van der Waals surface area contributed by atoms with E-state index in [2.05, 4.69) is 9.71 Å². The number of amides is 1. The molecule has 10 heteroatoms. The fraction of sp³-hybridized carbons (Fsp3) is 0.333. The number of thiazole rings is 1. The number of ether oxygens (including phenoxy) is 1. The number of likely N-dealkylation sites (tertiary alicyclic amines) is 1. The third kappa shape index (κ3) is 4.67. The van der Waals surface area contributed by atoms with Crippen molar-refractivity contribution in [2.45, 2.75) is 30.5 Å². The molecule has 0 radical (unpaired) electrons. The Hall–Kier alpha value is -2.27. The topological polar surface area (TPSA) is 88.6 Å². The van der Waals surface area contributed by atoms with Crippen molar-refractivity contribution in [2.24, 2.45) is 0 Å². The molecule has 0 bridgehead atoms. The van der Waals surface area contributed by atoms with Gasteiger partial charge in [-0.1, -0.05) is 18.2 Å². The van der Waals surface area contributed by atoms with Crippen molar-refractivity contribution >= 4 is 38.6 Å². The summed E-state index contributed by atoms with van der Waals surface area (Å²) in [5.74, 6) is 0.644. The Morgan fingerprint density at radius 1 is 1.26 bits per heavy atom. The Kier molecular flexibility index (Phi) is 6.42. The van der Waals surface area contributed by atoms with Crippen LogP contribution in [0.2, 0.25) is 0 Å². The largest absolute Gasteiger partial charge is 0.496 e. The third-order valence-corrected chi connectivity index (χ3v) is 9.15. The maximum absolute atomic E-state index is 12.8. The molecule has 1 aliphatic rings. The summed E-state index contributed by atoms with van der Waals surface area (Å²) in [5, 5.41) is 2.42. The number of aromatic nitrogens is 1. The number of sulfonamides is 1. The molecule has 1 N–H and O–H groups in total. The van der Waals surface area contributed by atoms with Crippen LogP contribution in [0.15, 0.2) is 39.9 Å². The fourth-order valence-corrected chi connectivity index (χ4v) is 6.76. The predicted molar refractivity (Wildman–Crippen MR) is 122 cm³/mol. The van der Waals surface area contributed by atoms with Gasteiger partial charge in [-0.05, 0) is 31.9 Å². The first-order valence-electron chi connectivity index (χ1n) is 9.86. The van der Waals surface area contributed by atoms with Crippen LogP contribution in [-0.4, -0.2) is 44.4 Å². The van der Waals surface area contributed by atoms with Crippen LogP contribution < -0.4 is 9.46 Å². The highest BCUT2D eigenvalue weighted by Crippen LogP contribution is 2.34. The number of hydrogen-bond acceptors (Lipinski definition) is 7. The molecule has 1 saturated heterocycles. The Labute approximate surface area is 189 Å². The van der Waals surface area contributed by atoms with Gasteiger partial charge < -0.3 is 9.64 Å². The lowest BCUT2D eigenvalue weighted by atomic mass is 10.2. The van der Waals surface area contributed by atoms with Gasteiger partial charge in [-0.15, -0.1) is 22.7 Å². The Morgan fingerprint density at radius 3 is 2.74 bits per heavy atom. The van der Waals surface area contributed by atoms with Crippen molar-refractivity contribution in [1.82, 2.24) is 14.6 Å². The fourth-order valence-electron chi connectivity index (χ4n) is 3.44. The van der Waals surface area contributed by atoms with Crippen LogP contribution in [0.3, 0.4) is 0 Å². The van der Waals surface area contributed by atoms with Crippen LogP contribution >= 0.6 is 22.7 Å². The van der Waals surface area contributed by atoms with E-state index >= 15 is 0 Å². The summed E-state index contributed by atoms with van der Waals surface area (Å²) in [6.07, 6.45) is 2.06. The van der Waals surface area contributed by atoms with E-state index in [-0.39, 0.29) is 16.7 Å². The molecule has 0 atom stereocenters. The van der Waals surface area contributed by atoms with E-state index in [0.717, 1.165) is 42.8 Å². The molecular formula is C21H23N3O4S3. The molecule has 3 aromatic rings. The number of thiophene rings is 1. The van der Waals surface area contributed by atoms with Crippen molar-refractivity contribution in [1.29, 1.82) is 0 Å². The molecule has 1 fully saturated rings. The number of methoxy groups -OCH3 is 1. The second kappa shape index (κ2) is 9.07. The van der Waals surface area contributed by atoms with Gasteiger partial charge in [-0.25, -0.2) is 18.1 Å². The van der Waals surface area contributed by atoms with E-state index in [4.69, 9.17) is 4.74 Å². The van der Waals surface area contributed by atoms with E-state index in [1.54, 1.807) is 24.6 Å². The number of nitrogens with zero attached hydrogens (tertiary/aromatic N) is 2. The van der Waals surface area contributed by atoms with Crippen molar-refractivity contribution in [3.8, 4) is 16.3 Å². The van der Waals surface area contributed by atoms with E-state index in [9.17, 15) is 13.2 Å². The van der Waals surface area contributed by atoms with Crippen molar-refractivity contribution in [2.75, 3.05) is 20.2 Å². The molecule has 1 aromatic carbocycles. The minimum atomic E-state index is -3.69. The zero-order valence-corrected chi connectivity index (χ0v) is 19.7. The maximum atomic E-state index is 12.8. The highest BCUT2D eigenvalue weighted by atomic mass is 32.2. The molecule has 2 aromatic heterocycles. The molecule has 0 saturated carbocycles. The Bertz CT molecular complexity index is 1190. The van der Waals surface area contributed by atoms with Gasteiger partial charge in [0.1, 0.15) is 19.8 Å². The lowest BCUT2D eigenvalue weighted by Crippen LogP contribution is -2.27. The third-order valence-electron chi connectivity index (χ3n) is 5.12. The number of aryl methyl sites for hydroxylation is 1. The first-order chi connectivity index (χ1) is 14.9. The zero-order chi connectivity index (χ0) is 22.0. The minimum Gasteiger partial charge on any atom is -0.496 e. The van der Waals surface area contributed by atoms with Crippen LogP contribution in [0, 0.1) is 6.92 Å². The molecule has 31 heavy (non-hydrogen) atoms. The van der Waals surface area contributed by atoms with Crippen LogP contribution in [0.5, 0.6) is 5.75 Å². The number of nitrogens with one attached hydrogen (secondary N) is 1. The lowest BCUT2D eigenvalue weighted by molar-refractivity contribution is 0.0796. The number of para-hydroxylation sites is 1. The van der Waals surface area contributed by atoms with E-state index in [0.29, 0.717) is 26.9 Å². The Balaban J connectivity index is 1.51. The molecular weight excluding hydrogens is 454 g/mol. The second-order valence-corrected chi connectivity index (χ2v) is 11.1. The quantitative estimate of drug-likeness (QED) is 0.558. The summed E-state index contributed by atoms with van der Waals surface area (Å²) in [5.41, 5.74) is 2.14. The SMILES string of the molecule is COc1ccccc1CNS(=O)(=O)c1cc(-c2nc(C)c(C(=O)N3CCCC3)s2)cs1. The molecule has 0 aliphatic carbocycles. The number of benzene rings is 1. The van der Waals surface area contributed by atoms with Crippen LogP contribution in [0.4, 0.5) is 0 Å². The number of carbonyl (C=O) groups excluding carboxylic acids is 1. The zero-order valence-electron chi connectivity index (χ0n) is 17.3. The van der Waals surface area contributed by atoms with Gasteiger partial charge in [-0.3, -0.25) is 4.79 Å². The van der Waals surface area contributed by atoms with Gasteiger partial charge in [0.15, 0.2) is 0 Å². The second-order valence-electron chi connectivity index (χ2n) is 7.22. The van der Waals surface area contributed by atoms with Gasteiger partial charge >= 0.3 is 0 Å². The lowest BCUT2D eigenvalue weighted by Gasteiger charge is -2.13. The van der Waals surface area contributed by atoms with Gasteiger partial charge in [0.2, 0.25) is 10.0 Å². The summed E-state index contributed by atoms with van der Waals surface area (Å²) < 4.78 is 33.7. The van der Waals surface area contributed by atoms with E-state index in [1.165, 1.54) is 11.3 Å². The highest BCUT2D eigenvalue weighted by Gasteiger charge is 2.25. The average Bonchev–Trinajstić information content (AvgIpc) is 3.52. The molecule has 4 rings (SSSR count). The number of carbonyl (C=O) groups is 1. The first-order valence-corrected chi connectivity index (χ1v) is 13.0. The summed E-state index contributed by atoms with van der Waals surface area (Å²) in [4.78, 5) is 19.7. The van der Waals surface area contributed by atoms with Gasteiger partial charge in [0.05, 0.1) is 12.8 Å². The van der Waals surface area contributed by atoms with E-state index < -0.39 is 10.0 Å². The molecule has 3 heterocycles. The van der Waals surface area contributed by atoms with Gasteiger partial charge in [0.25, 0.3) is 5.91 Å².